The number of nitrogens with one attached hydrogen (secondary N) is 1. The number of hydrogen-bond donors (Lipinski definition) is 1. The van der Waals surface area contributed by atoms with Gasteiger partial charge in [0, 0.05) is 19.6 Å². The molecule has 1 N–H and O–H groups in total. The van der Waals surface area contributed by atoms with Crippen LogP contribution in [0, 0.1) is 17.3 Å². The van der Waals surface area contributed by atoms with Gasteiger partial charge in [0.25, 0.3) is 0 Å². The van der Waals surface area contributed by atoms with Crippen molar-refractivity contribution in [3.63, 3.8) is 0 Å². The van der Waals surface area contributed by atoms with E-state index in [-0.39, 0.29) is 0 Å². The number of rotatable bonds is 9. The van der Waals surface area contributed by atoms with E-state index in [0.29, 0.717) is 5.41 Å². The van der Waals surface area contributed by atoms with Crippen LogP contribution in [0.3, 0.4) is 0 Å². The molecule has 0 radical (unpaired) electrons. The standard InChI is InChI=1S/C15H34N2/c1-8-15(6,11-16-9-13(2)3)12-17(7)10-14(4)5/h13-14,16H,8-12H2,1-7H3. The van der Waals surface area contributed by atoms with Crippen LogP contribution in [0.2, 0.25) is 0 Å². The third-order valence-electron chi connectivity index (χ3n) is 3.29. The van der Waals surface area contributed by atoms with Gasteiger partial charge in [0.15, 0.2) is 0 Å². The minimum atomic E-state index is 0.401. The van der Waals surface area contributed by atoms with Crippen molar-refractivity contribution in [2.75, 3.05) is 33.2 Å². The molecule has 2 nitrogen and oxygen atoms in total. The lowest BCUT2D eigenvalue weighted by molar-refractivity contribution is 0.167. The first-order valence-corrected chi connectivity index (χ1v) is 7.18. The molecule has 0 spiro atoms. The zero-order valence-electron chi connectivity index (χ0n) is 13.1. The fourth-order valence-electron chi connectivity index (χ4n) is 2.29. The third kappa shape index (κ3) is 8.62. The normalized spacial score (nSPS) is 15.9. The van der Waals surface area contributed by atoms with Crippen LogP contribution >= 0.6 is 0 Å². The van der Waals surface area contributed by atoms with Crippen LogP contribution in [0.4, 0.5) is 0 Å². The maximum Gasteiger partial charge on any atom is 0.00444 e. The third-order valence-corrected chi connectivity index (χ3v) is 3.29. The van der Waals surface area contributed by atoms with Crippen LogP contribution < -0.4 is 5.32 Å². The van der Waals surface area contributed by atoms with E-state index in [1.807, 2.05) is 0 Å². The Balaban J connectivity index is 4.07. The van der Waals surface area contributed by atoms with E-state index in [1.54, 1.807) is 0 Å². The molecule has 1 atom stereocenters. The van der Waals surface area contributed by atoms with Gasteiger partial charge >= 0.3 is 0 Å². The first-order chi connectivity index (χ1) is 7.79. The predicted molar refractivity (Wildman–Crippen MR) is 78.4 cm³/mol. The lowest BCUT2D eigenvalue weighted by atomic mass is 9.86. The molecule has 0 aromatic heterocycles. The van der Waals surface area contributed by atoms with Gasteiger partial charge in [-0.05, 0) is 37.3 Å². The highest BCUT2D eigenvalue weighted by molar-refractivity contribution is 4.79. The summed E-state index contributed by atoms with van der Waals surface area (Å²) in [7, 11) is 2.25. The molecule has 0 aliphatic rings. The molecule has 0 aliphatic carbocycles. The predicted octanol–water partition coefficient (Wildman–Crippen LogP) is 3.24. The van der Waals surface area contributed by atoms with Crippen LogP contribution in [0.1, 0.15) is 48.0 Å². The summed E-state index contributed by atoms with van der Waals surface area (Å²) in [5, 5.41) is 3.61. The molecular formula is C15H34N2. The van der Waals surface area contributed by atoms with Crippen LogP contribution in [-0.4, -0.2) is 38.1 Å². The van der Waals surface area contributed by atoms with Crippen molar-refractivity contribution in [2.45, 2.75) is 48.0 Å². The summed E-state index contributed by atoms with van der Waals surface area (Å²) < 4.78 is 0. The first-order valence-electron chi connectivity index (χ1n) is 7.18. The van der Waals surface area contributed by atoms with Gasteiger partial charge in [-0.2, -0.15) is 0 Å². The second-order valence-corrected chi connectivity index (χ2v) is 6.78. The maximum atomic E-state index is 3.61. The van der Waals surface area contributed by atoms with Crippen molar-refractivity contribution in [3.05, 3.63) is 0 Å². The molecule has 104 valence electrons. The lowest BCUT2D eigenvalue weighted by Gasteiger charge is -2.34. The maximum absolute atomic E-state index is 3.61. The van der Waals surface area contributed by atoms with Gasteiger partial charge in [0.05, 0.1) is 0 Å². The minimum Gasteiger partial charge on any atom is -0.316 e. The van der Waals surface area contributed by atoms with E-state index < -0.39 is 0 Å². The van der Waals surface area contributed by atoms with Gasteiger partial charge in [-0.1, -0.05) is 41.5 Å². The quantitative estimate of drug-likeness (QED) is 0.668. The molecule has 0 heterocycles. The molecular weight excluding hydrogens is 208 g/mol. The van der Waals surface area contributed by atoms with Crippen molar-refractivity contribution in [3.8, 4) is 0 Å². The average molecular weight is 242 g/mol. The Labute approximate surface area is 109 Å². The molecule has 1 unspecified atom stereocenters. The van der Waals surface area contributed by atoms with E-state index in [0.717, 1.165) is 24.9 Å². The van der Waals surface area contributed by atoms with E-state index in [9.17, 15) is 0 Å². The molecule has 0 aromatic rings. The second-order valence-electron chi connectivity index (χ2n) is 6.78. The van der Waals surface area contributed by atoms with Gasteiger partial charge < -0.3 is 10.2 Å². The molecule has 0 aliphatic heterocycles. The molecule has 0 rings (SSSR count). The molecule has 0 fully saturated rings. The van der Waals surface area contributed by atoms with Crippen molar-refractivity contribution in [1.29, 1.82) is 0 Å². The highest BCUT2D eigenvalue weighted by Gasteiger charge is 2.23. The molecule has 0 saturated heterocycles. The van der Waals surface area contributed by atoms with Crippen molar-refractivity contribution < 1.29 is 0 Å². The van der Waals surface area contributed by atoms with Crippen molar-refractivity contribution in [1.82, 2.24) is 10.2 Å². The summed E-state index contributed by atoms with van der Waals surface area (Å²) in [6, 6.07) is 0. The van der Waals surface area contributed by atoms with E-state index in [1.165, 1.54) is 19.5 Å². The fourth-order valence-corrected chi connectivity index (χ4v) is 2.29. The van der Waals surface area contributed by atoms with Gasteiger partial charge in [-0.15, -0.1) is 0 Å². The topological polar surface area (TPSA) is 15.3 Å². The van der Waals surface area contributed by atoms with Crippen LogP contribution in [0.15, 0.2) is 0 Å². The molecule has 0 aromatic carbocycles. The largest absolute Gasteiger partial charge is 0.316 e. The highest BCUT2D eigenvalue weighted by atomic mass is 15.1. The first kappa shape index (κ1) is 16.9. The monoisotopic (exact) mass is 242 g/mol. The van der Waals surface area contributed by atoms with Gasteiger partial charge in [0.2, 0.25) is 0 Å². The van der Waals surface area contributed by atoms with E-state index in [4.69, 9.17) is 0 Å². The smallest absolute Gasteiger partial charge is 0.00444 e. The van der Waals surface area contributed by atoms with Crippen LogP contribution in [0.5, 0.6) is 0 Å². The van der Waals surface area contributed by atoms with Gasteiger partial charge in [-0.25, -0.2) is 0 Å². The zero-order chi connectivity index (χ0) is 13.5. The fraction of sp³-hybridized carbons (Fsp3) is 1.00. The minimum absolute atomic E-state index is 0.401. The molecule has 0 amide bonds. The van der Waals surface area contributed by atoms with E-state index >= 15 is 0 Å². The molecule has 17 heavy (non-hydrogen) atoms. The summed E-state index contributed by atoms with van der Waals surface area (Å²) in [6.45, 7) is 18.5. The number of hydrogen-bond acceptors (Lipinski definition) is 2. The molecule has 0 bridgehead atoms. The van der Waals surface area contributed by atoms with Gasteiger partial charge in [-0.3, -0.25) is 0 Å². The van der Waals surface area contributed by atoms with Gasteiger partial charge in [0.1, 0.15) is 0 Å². The Kier molecular flexibility index (Phi) is 8.06. The summed E-state index contributed by atoms with van der Waals surface area (Å²) >= 11 is 0. The van der Waals surface area contributed by atoms with Crippen molar-refractivity contribution in [2.24, 2.45) is 17.3 Å². The Morgan fingerprint density at radius 1 is 1.12 bits per heavy atom. The average Bonchev–Trinajstić information content (AvgIpc) is 2.15. The Morgan fingerprint density at radius 3 is 2.12 bits per heavy atom. The highest BCUT2D eigenvalue weighted by Crippen LogP contribution is 2.21. The zero-order valence-corrected chi connectivity index (χ0v) is 13.1. The lowest BCUT2D eigenvalue weighted by Crippen LogP contribution is -2.42. The number of nitrogens with zero attached hydrogens (tertiary/aromatic N) is 1. The van der Waals surface area contributed by atoms with Crippen LogP contribution in [-0.2, 0) is 0 Å². The molecule has 0 saturated carbocycles. The Morgan fingerprint density at radius 2 is 1.71 bits per heavy atom. The Bertz CT molecular complexity index is 189. The van der Waals surface area contributed by atoms with Crippen LogP contribution in [0.25, 0.3) is 0 Å². The summed E-state index contributed by atoms with van der Waals surface area (Å²) in [4.78, 5) is 2.48. The van der Waals surface area contributed by atoms with Crippen molar-refractivity contribution >= 4 is 0 Å². The SMILES string of the molecule is CCC(C)(CNCC(C)C)CN(C)CC(C)C. The molecule has 2 heteroatoms. The van der Waals surface area contributed by atoms with E-state index in [2.05, 4.69) is 58.8 Å². The summed E-state index contributed by atoms with van der Waals surface area (Å²) in [6.07, 6.45) is 1.24. The summed E-state index contributed by atoms with van der Waals surface area (Å²) in [5.74, 6) is 1.49. The Hall–Kier alpha value is -0.0800. The summed E-state index contributed by atoms with van der Waals surface area (Å²) in [5.41, 5.74) is 0.401. The second kappa shape index (κ2) is 8.10.